The number of hydrazone groups is 1. The van der Waals surface area contributed by atoms with Crippen LogP contribution >= 0.6 is 45.2 Å². The Balaban J connectivity index is 2.07. The summed E-state index contributed by atoms with van der Waals surface area (Å²) in [5, 5.41) is 13.6. The molecule has 22 heavy (non-hydrogen) atoms. The molecule has 0 unspecified atom stereocenters. The summed E-state index contributed by atoms with van der Waals surface area (Å²) in [4.78, 5) is 12.0. The third kappa shape index (κ3) is 4.32. The van der Waals surface area contributed by atoms with Crippen LogP contribution in [-0.2, 0) is 0 Å². The van der Waals surface area contributed by atoms with Gasteiger partial charge in [0.05, 0.1) is 20.5 Å². The van der Waals surface area contributed by atoms with Crippen molar-refractivity contribution in [2.45, 2.75) is 0 Å². The standard InChI is InChI=1S/C15H12I2N2O3/c1-22-11-4-2-3-10(7-11)15(21)19-18-8-9-5-12(16)14(20)13(17)6-9/h2-8,20H,1H3,(H,19,21)/b18-8+. The summed E-state index contributed by atoms with van der Waals surface area (Å²) in [6.07, 6.45) is 1.53. The van der Waals surface area contributed by atoms with Crippen LogP contribution in [0.25, 0.3) is 0 Å². The average molecular weight is 522 g/mol. The number of nitrogens with zero attached hydrogens (tertiary/aromatic N) is 1. The molecule has 0 spiro atoms. The molecule has 0 aliphatic carbocycles. The number of ether oxygens (including phenoxy) is 1. The van der Waals surface area contributed by atoms with Crippen molar-refractivity contribution in [1.29, 1.82) is 0 Å². The number of hydrogen-bond acceptors (Lipinski definition) is 4. The van der Waals surface area contributed by atoms with Gasteiger partial charge in [-0.15, -0.1) is 0 Å². The fraction of sp³-hybridized carbons (Fsp3) is 0.0667. The first kappa shape index (κ1) is 17.0. The summed E-state index contributed by atoms with van der Waals surface area (Å²) < 4.78 is 6.53. The number of carbonyl (C=O) groups is 1. The maximum atomic E-state index is 12.0. The Morgan fingerprint density at radius 1 is 1.27 bits per heavy atom. The van der Waals surface area contributed by atoms with Gasteiger partial charge < -0.3 is 9.84 Å². The molecule has 0 saturated carbocycles. The lowest BCUT2D eigenvalue weighted by Gasteiger charge is -2.04. The lowest BCUT2D eigenvalue weighted by Crippen LogP contribution is -2.17. The quantitative estimate of drug-likeness (QED) is 0.368. The third-order valence-corrected chi connectivity index (χ3v) is 4.40. The van der Waals surface area contributed by atoms with E-state index in [-0.39, 0.29) is 11.7 Å². The zero-order valence-corrected chi connectivity index (χ0v) is 15.8. The molecule has 7 heteroatoms. The monoisotopic (exact) mass is 522 g/mol. The minimum absolute atomic E-state index is 0.249. The largest absolute Gasteiger partial charge is 0.506 e. The van der Waals surface area contributed by atoms with E-state index < -0.39 is 0 Å². The summed E-state index contributed by atoms with van der Waals surface area (Å²) in [6, 6.07) is 10.4. The lowest BCUT2D eigenvalue weighted by atomic mass is 10.2. The first-order valence-electron chi connectivity index (χ1n) is 6.16. The van der Waals surface area contributed by atoms with E-state index in [1.54, 1.807) is 43.5 Å². The molecule has 0 fully saturated rings. The topological polar surface area (TPSA) is 70.9 Å². The first-order valence-corrected chi connectivity index (χ1v) is 8.32. The molecule has 114 valence electrons. The molecule has 2 N–H and O–H groups in total. The first-order chi connectivity index (χ1) is 10.5. The predicted molar refractivity (Wildman–Crippen MR) is 102 cm³/mol. The second-order valence-electron chi connectivity index (χ2n) is 4.26. The van der Waals surface area contributed by atoms with Crippen molar-refractivity contribution < 1.29 is 14.6 Å². The van der Waals surface area contributed by atoms with E-state index in [0.29, 0.717) is 11.3 Å². The summed E-state index contributed by atoms with van der Waals surface area (Å²) in [5.74, 6) is 0.538. The predicted octanol–water partition coefficient (Wildman–Crippen LogP) is 3.37. The maximum absolute atomic E-state index is 12.0. The maximum Gasteiger partial charge on any atom is 0.271 e. The van der Waals surface area contributed by atoms with Crippen LogP contribution in [-0.4, -0.2) is 24.3 Å². The van der Waals surface area contributed by atoms with Gasteiger partial charge in [0, 0.05) is 5.56 Å². The third-order valence-electron chi connectivity index (χ3n) is 2.75. The van der Waals surface area contributed by atoms with Gasteiger partial charge in [0.15, 0.2) is 0 Å². The van der Waals surface area contributed by atoms with E-state index in [9.17, 15) is 9.90 Å². The molecule has 0 aromatic heterocycles. The molecule has 0 aliphatic rings. The van der Waals surface area contributed by atoms with Gasteiger partial charge in [-0.25, -0.2) is 5.43 Å². The van der Waals surface area contributed by atoms with Crippen LogP contribution in [0, 0.1) is 7.14 Å². The molecule has 0 atom stereocenters. The SMILES string of the molecule is COc1cccc(C(=O)N/N=C/c2cc(I)c(O)c(I)c2)c1. The molecule has 2 aromatic rings. The normalized spacial score (nSPS) is 10.7. The number of nitrogens with one attached hydrogen (secondary N) is 1. The van der Waals surface area contributed by atoms with E-state index in [4.69, 9.17) is 4.74 Å². The Morgan fingerprint density at radius 3 is 2.59 bits per heavy atom. The van der Waals surface area contributed by atoms with Crippen LogP contribution in [0.4, 0.5) is 0 Å². The second-order valence-corrected chi connectivity index (χ2v) is 6.59. The molecule has 2 aromatic carbocycles. The Kier molecular flexibility index (Phi) is 6.00. The highest BCUT2D eigenvalue weighted by molar-refractivity contribution is 14.1. The van der Waals surface area contributed by atoms with E-state index >= 15 is 0 Å². The highest BCUT2D eigenvalue weighted by Crippen LogP contribution is 2.26. The van der Waals surface area contributed by atoms with Crippen LogP contribution < -0.4 is 10.2 Å². The van der Waals surface area contributed by atoms with Gasteiger partial charge in [-0.05, 0) is 81.1 Å². The molecular formula is C15H12I2N2O3. The van der Waals surface area contributed by atoms with E-state index in [1.165, 1.54) is 6.21 Å². The Hall–Kier alpha value is -1.36. The summed E-state index contributed by atoms with van der Waals surface area (Å²) >= 11 is 4.08. The molecule has 0 aliphatic heterocycles. The van der Waals surface area contributed by atoms with E-state index in [1.807, 2.05) is 45.2 Å². The number of amides is 1. The second kappa shape index (κ2) is 7.77. The van der Waals surface area contributed by atoms with Gasteiger partial charge in [0.2, 0.25) is 0 Å². The van der Waals surface area contributed by atoms with Gasteiger partial charge in [-0.2, -0.15) is 5.10 Å². The number of aromatic hydroxyl groups is 1. The van der Waals surface area contributed by atoms with Crippen molar-refractivity contribution in [2.24, 2.45) is 5.10 Å². The smallest absolute Gasteiger partial charge is 0.271 e. The zero-order valence-electron chi connectivity index (χ0n) is 11.5. The number of rotatable bonds is 4. The highest BCUT2D eigenvalue weighted by Gasteiger charge is 2.06. The van der Waals surface area contributed by atoms with Gasteiger partial charge in [-0.1, -0.05) is 6.07 Å². The molecule has 1 amide bonds. The average Bonchev–Trinajstić information content (AvgIpc) is 2.52. The van der Waals surface area contributed by atoms with Crippen molar-refractivity contribution in [3.8, 4) is 11.5 Å². The number of halogens is 2. The number of phenolic OH excluding ortho intramolecular Hbond substituents is 1. The number of hydrogen-bond donors (Lipinski definition) is 2. The van der Waals surface area contributed by atoms with Crippen molar-refractivity contribution in [3.63, 3.8) is 0 Å². The Labute approximate surface area is 155 Å². The fourth-order valence-electron chi connectivity index (χ4n) is 1.65. The minimum Gasteiger partial charge on any atom is -0.506 e. The van der Waals surface area contributed by atoms with Gasteiger partial charge in [-0.3, -0.25) is 4.79 Å². The van der Waals surface area contributed by atoms with Gasteiger partial charge in [0.25, 0.3) is 5.91 Å². The minimum atomic E-state index is -0.321. The van der Waals surface area contributed by atoms with Crippen LogP contribution in [0.2, 0.25) is 0 Å². The van der Waals surface area contributed by atoms with Gasteiger partial charge >= 0.3 is 0 Å². The highest BCUT2D eigenvalue weighted by atomic mass is 127. The van der Waals surface area contributed by atoms with Crippen LogP contribution in [0.1, 0.15) is 15.9 Å². The summed E-state index contributed by atoms with van der Waals surface area (Å²) in [7, 11) is 1.54. The Morgan fingerprint density at radius 2 is 1.95 bits per heavy atom. The molecular weight excluding hydrogens is 510 g/mol. The Bertz CT molecular complexity index is 709. The van der Waals surface area contributed by atoms with Crippen molar-refractivity contribution in [1.82, 2.24) is 5.43 Å². The van der Waals surface area contributed by atoms with E-state index in [0.717, 1.165) is 12.7 Å². The molecule has 0 bridgehead atoms. The van der Waals surface area contributed by atoms with E-state index in [2.05, 4.69) is 10.5 Å². The van der Waals surface area contributed by atoms with Crippen LogP contribution in [0.3, 0.4) is 0 Å². The van der Waals surface area contributed by atoms with Crippen LogP contribution in [0.5, 0.6) is 11.5 Å². The molecule has 0 saturated heterocycles. The number of methoxy groups -OCH3 is 1. The summed E-state index contributed by atoms with van der Waals surface area (Å²) in [5.41, 5.74) is 3.71. The molecule has 2 rings (SSSR count). The lowest BCUT2D eigenvalue weighted by molar-refractivity contribution is 0.0955. The molecule has 5 nitrogen and oxygen atoms in total. The fourth-order valence-corrected chi connectivity index (χ4v) is 3.47. The number of benzene rings is 2. The van der Waals surface area contributed by atoms with Crippen molar-refractivity contribution >= 4 is 57.3 Å². The summed E-state index contributed by atoms with van der Waals surface area (Å²) in [6.45, 7) is 0. The molecule has 0 heterocycles. The van der Waals surface area contributed by atoms with Crippen molar-refractivity contribution in [3.05, 3.63) is 54.7 Å². The van der Waals surface area contributed by atoms with Gasteiger partial charge in [0.1, 0.15) is 11.5 Å². The number of carbonyl (C=O) groups excluding carboxylic acids is 1. The zero-order chi connectivity index (χ0) is 16.1. The van der Waals surface area contributed by atoms with Crippen molar-refractivity contribution in [2.75, 3.05) is 7.11 Å². The molecule has 0 radical (unpaired) electrons. The van der Waals surface area contributed by atoms with Crippen LogP contribution in [0.15, 0.2) is 41.5 Å². The number of phenols is 1.